The quantitative estimate of drug-likeness (QED) is 0.687. The van der Waals surface area contributed by atoms with Crippen molar-refractivity contribution < 1.29 is 13.9 Å². The highest BCUT2D eigenvalue weighted by Gasteiger charge is 2.47. The van der Waals surface area contributed by atoms with Crippen LogP contribution in [0.3, 0.4) is 0 Å². The summed E-state index contributed by atoms with van der Waals surface area (Å²) >= 11 is 0. The molecule has 0 spiro atoms. The molecule has 0 aliphatic carbocycles. The Labute approximate surface area is 154 Å². The molecule has 3 aromatic rings. The molecule has 2 aromatic heterocycles. The Kier molecular flexibility index (Phi) is 3.66. The van der Waals surface area contributed by atoms with E-state index >= 15 is 0 Å². The fourth-order valence-corrected chi connectivity index (χ4v) is 3.84. The zero-order valence-corrected chi connectivity index (χ0v) is 14.4. The van der Waals surface area contributed by atoms with E-state index in [0.717, 1.165) is 25.3 Å². The minimum atomic E-state index is -0.329. The van der Waals surface area contributed by atoms with Crippen LogP contribution < -0.4 is 9.64 Å². The fraction of sp³-hybridized carbons (Fsp3) is 0.333. The lowest BCUT2D eigenvalue weighted by atomic mass is 9.87. The van der Waals surface area contributed by atoms with E-state index in [1.165, 1.54) is 24.3 Å². The number of ether oxygens (including phenoxy) is 1. The van der Waals surface area contributed by atoms with Gasteiger partial charge in [0.15, 0.2) is 12.3 Å². The van der Waals surface area contributed by atoms with E-state index < -0.39 is 0 Å². The summed E-state index contributed by atoms with van der Waals surface area (Å²) < 4.78 is 20.1. The number of piperazine rings is 1. The van der Waals surface area contributed by atoms with Gasteiger partial charge in [0.1, 0.15) is 23.7 Å². The molecule has 1 aromatic carbocycles. The average Bonchev–Trinajstić information content (AvgIpc) is 3.15. The third-order valence-corrected chi connectivity index (χ3v) is 5.13. The number of piperidine rings is 1. The first-order chi connectivity index (χ1) is 13.2. The van der Waals surface area contributed by atoms with Crippen LogP contribution in [0.1, 0.15) is 6.42 Å². The third-order valence-electron chi connectivity index (χ3n) is 5.13. The van der Waals surface area contributed by atoms with Gasteiger partial charge in [-0.3, -0.25) is 4.79 Å². The van der Waals surface area contributed by atoms with Crippen molar-refractivity contribution in [2.24, 2.45) is 0 Å². The topological polar surface area (TPSA) is 75.9 Å². The standard InChI is InChI=1S/C18H17FN6O2/c19-12-1-3-15(4-2-12)27-10-18(26)25-13-7-14(25)9-23(8-13)17-6-5-16-21-20-11-24(16)22-17/h1-6,11,13-14H,7-10H2. The summed E-state index contributed by atoms with van der Waals surface area (Å²) in [6.45, 7) is 1.43. The molecular weight excluding hydrogens is 351 g/mol. The van der Waals surface area contributed by atoms with Gasteiger partial charge >= 0.3 is 0 Å². The number of hydrogen-bond acceptors (Lipinski definition) is 6. The molecule has 3 fully saturated rings. The summed E-state index contributed by atoms with van der Waals surface area (Å²) in [6.07, 6.45) is 2.57. The Balaban J connectivity index is 1.22. The highest BCUT2D eigenvalue weighted by atomic mass is 19.1. The maximum atomic E-state index is 12.9. The molecule has 3 saturated heterocycles. The van der Waals surface area contributed by atoms with Gasteiger partial charge in [-0.25, -0.2) is 4.39 Å². The second-order valence-electron chi connectivity index (χ2n) is 6.82. The minimum Gasteiger partial charge on any atom is -0.484 e. The Morgan fingerprint density at radius 2 is 1.93 bits per heavy atom. The van der Waals surface area contributed by atoms with Gasteiger partial charge in [0, 0.05) is 13.1 Å². The average molecular weight is 368 g/mol. The van der Waals surface area contributed by atoms with Crippen LogP contribution >= 0.6 is 0 Å². The molecule has 2 unspecified atom stereocenters. The van der Waals surface area contributed by atoms with Gasteiger partial charge in [-0.15, -0.1) is 15.3 Å². The Morgan fingerprint density at radius 3 is 2.70 bits per heavy atom. The van der Waals surface area contributed by atoms with Gasteiger partial charge in [-0.2, -0.15) is 4.52 Å². The Bertz CT molecular complexity index is 979. The number of fused-ring (bicyclic) bond motifs is 3. The van der Waals surface area contributed by atoms with Crippen LogP contribution in [0.25, 0.3) is 5.65 Å². The lowest BCUT2D eigenvalue weighted by Gasteiger charge is -2.56. The summed E-state index contributed by atoms with van der Waals surface area (Å²) in [5.41, 5.74) is 0.704. The predicted octanol–water partition coefficient (Wildman–Crippen LogP) is 1.13. The number of benzene rings is 1. The second kappa shape index (κ2) is 6.19. The number of amides is 1. The number of hydrogen-bond donors (Lipinski definition) is 0. The van der Waals surface area contributed by atoms with E-state index in [4.69, 9.17) is 4.74 Å². The molecule has 2 atom stereocenters. The maximum absolute atomic E-state index is 12.9. The van der Waals surface area contributed by atoms with E-state index in [1.807, 2.05) is 17.0 Å². The van der Waals surface area contributed by atoms with Crippen LogP contribution in [0, 0.1) is 5.82 Å². The monoisotopic (exact) mass is 368 g/mol. The van der Waals surface area contributed by atoms with Crippen molar-refractivity contribution >= 4 is 17.4 Å². The molecule has 27 heavy (non-hydrogen) atoms. The number of anilines is 1. The van der Waals surface area contributed by atoms with Crippen molar-refractivity contribution in [1.29, 1.82) is 0 Å². The molecular formula is C18H17FN6O2. The number of carbonyl (C=O) groups is 1. The highest BCUT2D eigenvalue weighted by Crippen LogP contribution is 2.34. The molecule has 5 heterocycles. The summed E-state index contributed by atoms with van der Waals surface area (Å²) in [4.78, 5) is 16.6. The van der Waals surface area contributed by atoms with Crippen molar-refractivity contribution in [2.45, 2.75) is 18.5 Å². The predicted molar refractivity (Wildman–Crippen MR) is 93.9 cm³/mol. The lowest BCUT2D eigenvalue weighted by Crippen LogP contribution is -2.71. The summed E-state index contributed by atoms with van der Waals surface area (Å²) in [6, 6.07) is 9.80. The highest BCUT2D eigenvalue weighted by molar-refractivity contribution is 5.80. The number of rotatable bonds is 4. The van der Waals surface area contributed by atoms with Crippen LogP contribution in [-0.2, 0) is 4.79 Å². The van der Waals surface area contributed by atoms with Crippen LogP contribution in [0.2, 0.25) is 0 Å². The van der Waals surface area contributed by atoms with Crippen LogP contribution in [0.15, 0.2) is 42.7 Å². The van der Waals surface area contributed by atoms with Gasteiger partial charge in [-0.05, 0) is 42.8 Å². The van der Waals surface area contributed by atoms with Crippen molar-refractivity contribution in [2.75, 3.05) is 24.6 Å². The zero-order valence-electron chi connectivity index (χ0n) is 14.4. The second-order valence-corrected chi connectivity index (χ2v) is 6.82. The van der Waals surface area contributed by atoms with E-state index in [-0.39, 0.29) is 30.4 Å². The van der Waals surface area contributed by atoms with E-state index in [9.17, 15) is 9.18 Å². The van der Waals surface area contributed by atoms with Crippen molar-refractivity contribution in [3.05, 3.63) is 48.5 Å². The van der Waals surface area contributed by atoms with Crippen molar-refractivity contribution in [1.82, 2.24) is 24.7 Å². The number of aromatic nitrogens is 4. The molecule has 0 radical (unpaired) electrons. The number of carbonyl (C=O) groups excluding carboxylic acids is 1. The van der Waals surface area contributed by atoms with Gasteiger partial charge in [0.25, 0.3) is 5.91 Å². The Hall–Kier alpha value is -3.23. The number of halogens is 1. The summed E-state index contributed by atoms with van der Waals surface area (Å²) in [5, 5.41) is 12.3. The van der Waals surface area contributed by atoms with E-state index in [1.54, 1.807) is 10.8 Å². The molecule has 6 rings (SSSR count). The normalized spacial score (nSPS) is 21.2. The first-order valence-corrected chi connectivity index (χ1v) is 8.79. The van der Waals surface area contributed by atoms with Crippen molar-refractivity contribution in [3.8, 4) is 5.75 Å². The van der Waals surface area contributed by atoms with Gasteiger partial charge in [0.05, 0.1) is 12.1 Å². The molecule has 138 valence electrons. The first kappa shape index (κ1) is 16.0. The van der Waals surface area contributed by atoms with E-state index in [0.29, 0.717) is 11.4 Å². The fourth-order valence-electron chi connectivity index (χ4n) is 3.84. The molecule has 0 N–H and O–H groups in total. The van der Waals surface area contributed by atoms with Gasteiger partial charge in [0.2, 0.25) is 0 Å². The molecule has 1 amide bonds. The molecule has 3 aliphatic rings. The smallest absolute Gasteiger partial charge is 0.261 e. The Morgan fingerprint density at radius 1 is 1.15 bits per heavy atom. The lowest BCUT2D eigenvalue weighted by molar-refractivity contribution is -0.148. The van der Waals surface area contributed by atoms with Gasteiger partial charge < -0.3 is 14.5 Å². The van der Waals surface area contributed by atoms with Gasteiger partial charge in [-0.1, -0.05) is 0 Å². The minimum absolute atomic E-state index is 0.0381. The van der Waals surface area contributed by atoms with E-state index in [2.05, 4.69) is 20.2 Å². The summed E-state index contributed by atoms with van der Waals surface area (Å²) in [7, 11) is 0. The molecule has 0 saturated carbocycles. The van der Waals surface area contributed by atoms with Crippen LogP contribution in [0.5, 0.6) is 5.75 Å². The number of nitrogens with zero attached hydrogens (tertiary/aromatic N) is 6. The molecule has 8 nitrogen and oxygen atoms in total. The molecule has 3 aliphatic heterocycles. The van der Waals surface area contributed by atoms with Crippen LogP contribution in [0.4, 0.5) is 10.2 Å². The van der Waals surface area contributed by atoms with Crippen LogP contribution in [-0.4, -0.2) is 62.4 Å². The first-order valence-electron chi connectivity index (χ1n) is 8.79. The SMILES string of the molecule is O=C(COc1ccc(F)cc1)N1C2CC1CN(c1ccc3nncn3n1)C2. The molecule has 9 heteroatoms. The third kappa shape index (κ3) is 2.84. The zero-order chi connectivity index (χ0) is 18.4. The van der Waals surface area contributed by atoms with Crippen molar-refractivity contribution in [3.63, 3.8) is 0 Å². The largest absolute Gasteiger partial charge is 0.484 e. The summed E-state index contributed by atoms with van der Waals surface area (Å²) in [5.74, 6) is 0.974. The maximum Gasteiger partial charge on any atom is 0.261 e. The molecule has 2 bridgehead atoms.